The third-order valence-electron chi connectivity index (χ3n) is 2.37. The topological polar surface area (TPSA) is 54.6 Å². The van der Waals surface area contributed by atoms with Crippen molar-refractivity contribution in [2.75, 3.05) is 0 Å². The lowest BCUT2D eigenvalue weighted by atomic mass is 10.1. The normalized spacial score (nSPS) is 11.7. The Balaban J connectivity index is 1.92. The molecular weight excluding hydrogens is 240 g/mol. The summed E-state index contributed by atoms with van der Waals surface area (Å²) in [5.74, 6) is -0.129. The molecule has 2 rings (SSSR count). The molecule has 19 heavy (non-hydrogen) atoms. The maximum absolute atomic E-state index is 11.5. The van der Waals surface area contributed by atoms with Crippen LogP contribution in [-0.4, -0.2) is 12.1 Å². The van der Waals surface area contributed by atoms with Gasteiger partial charge in [0.1, 0.15) is 0 Å². The highest BCUT2D eigenvalue weighted by atomic mass is 16.3. The molecule has 96 valence electrons. The van der Waals surface area contributed by atoms with E-state index in [-0.39, 0.29) is 11.7 Å². The van der Waals surface area contributed by atoms with Crippen LogP contribution in [-0.2, 0) is 0 Å². The number of allylic oxidation sites excluding steroid dienone is 1. The molecule has 0 aliphatic heterocycles. The summed E-state index contributed by atoms with van der Waals surface area (Å²) in [5.41, 5.74) is 4.42. The molecule has 1 aromatic carbocycles. The molecule has 1 aromatic heterocycles. The summed E-state index contributed by atoms with van der Waals surface area (Å²) in [6, 6.07) is 13.1. The van der Waals surface area contributed by atoms with E-state index in [1.165, 1.54) is 6.26 Å². The largest absolute Gasteiger partial charge is 0.459 e. The molecule has 0 fully saturated rings. The first-order chi connectivity index (χ1) is 9.25. The zero-order valence-corrected chi connectivity index (χ0v) is 10.5. The number of nitrogens with zero attached hydrogens (tertiary/aromatic N) is 1. The van der Waals surface area contributed by atoms with Crippen molar-refractivity contribution < 1.29 is 9.21 Å². The summed E-state index contributed by atoms with van der Waals surface area (Å²) in [5, 5.41) is 3.87. The van der Waals surface area contributed by atoms with Gasteiger partial charge >= 0.3 is 5.91 Å². The van der Waals surface area contributed by atoms with Crippen molar-refractivity contribution in [2.24, 2.45) is 5.10 Å². The van der Waals surface area contributed by atoms with E-state index >= 15 is 0 Å². The molecule has 1 amide bonds. The van der Waals surface area contributed by atoms with Crippen molar-refractivity contribution in [3.8, 4) is 0 Å². The average Bonchev–Trinajstić information content (AvgIpc) is 2.93. The van der Waals surface area contributed by atoms with E-state index in [2.05, 4.69) is 10.5 Å². The Labute approximate surface area is 111 Å². The molecule has 4 heteroatoms. The van der Waals surface area contributed by atoms with E-state index < -0.39 is 0 Å². The summed E-state index contributed by atoms with van der Waals surface area (Å²) >= 11 is 0. The van der Waals surface area contributed by atoms with Crippen LogP contribution in [0.2, 0.25) is 0 Å². The summed E-state index contributed by atoms with van der Waals surface area (Å²) in [6.07, 6.45) is 5.01. The van der Waals surface area contributed by atoms with Crippen LogP contribution < -0.4 is 5.43 Å². The molecule has 0 saturated heterocycles. The van der Waals surface area contributed by atoms with Crippen molar-refractivity contribution in [2.45, 2.75) is 6.92 Å². The van der Waals surface area contributed by atoms with Gasteiger partial charge in [-0.1, -0.05) is 36.4 Å². The standard InChI is InChI=1S/C15H14N2O2/c1-12(10-13-6-3-2-4-7-13)11-16-17-15(18)14-8-5-9-19-14/h2-11H,1H3,(H,17,18)/b12-10+,16-11+. The minimum Gasteiger partial charge on any atom is -0.459 e. The molecular formula is C15H14N2O2. The fourth-order valence-corrected chi connectivity index (χ4v) is 1.50. The lowest BCUT2D eigenvalue weighted by Crippen LogP contribution is -2.16. The lowest BCUT2D eigenvalue weighted by Gasteiger charge is -1.96. The number of furan rings is 1. The Morgan fingerprint density at radius 1 is 1.21 bits per heavy atom. The number of hydrazone groups is 1. The first kappa shape index (κ1) is 12.8. The van der Waals surface area contributed by atoms with Crippen LogP contribution in [0.25, 0.3) is 6.08 Å². The lowest BCUT2D eigenvalue weighted by molar-refractivity contribution is 0.0927. The molecule has 2 aromatic rings. The highest BCUT2D eigenvalue weighted by Gasteiger charge is 2.05. The van der Waals surface area contributed by atoms with E-state index in [1.807, 2.05) is 43.3 Å². The van der Waals surface area contributed by atoms with Gasteiger partial charge in [-0.3, -0.25) is 4.79 Å². The SMILES string of the molecule is CC(/C=N/NC(=O)c1ccco1)=C\c1ccccc1. The molecule has 0 bridgehead atoms. The molecule has 0 spiro atoms. The number of nitrogens with one attached hydrogen (secondary N) is 1. The van der Waals surface area contributed by atoms with Gasteiger partial charge < -0.3 is 4.42 Å². The van der Waals surface area contributed by atoms with Gasteiger partial charge in [0, 0.05) is 0 Å². The number of hydrogen-bond acceptors (Lipinski definition) is 3. The number of hydrogen-bond donors (Lipinski definition) is 1. The fraction of sp³-hybridized carbons (Fsp3) is 0.0667. The Morgan fingerprint density at radius 2 is 2.00 bits per heavy atom. The van der Waals surface area contributed by atoms with Crippen molar-refractivity contribution >= 4 is 18.2 Å². The molecule has 0 radical (unpaired) electrons. The maximum Gasteiger partial charge on any atom is 0.307 e. The average molecular weight is 254 g/mol. The van der Waals surface area contributed by atoms with Gasteiger partial charge in [-0.2, -0.15) is 5.10 Å². The molecule has 0 atom stereocenters. The van der Waals surface area contributed by atoms with E-state index in [9.17, 15) is 4.79 Å². The number of rotatable bonds is 4. The first-order valence-electron chi connectivity index (χ1n) is 5.86. The number of benzene rings is 1. The van der Waals surface area contributed by atoms with E-state index in [4.69, 9.17) is 4.42 Å². The highest BCUT2D eigenvalue weighted by molar-refractivity contribution is 5.92. The van der Waals surface area contributed by atoms with Crippen molar-refractivity contribution in [3.63, 3.8) is 0 Å². The smallest absolute Gasteiger partial charge is 0.307 e. The van der Waals surface area contributed by atoms with Crippen LogP contribution in [0, 0.1) is 0 Å². The second-order valence-corrected chi connectivity index (χ2v) is 3.98. The van der Waals surface area contributed by atoms with E-state index in [1.54, 1.807) is 18.3 Å². The molecule has 1 N–H and O–H groups in total. The summed E-state index contributed by atoms with van der Waals surface area (Å²) < 4.78 is 4.95. The van der Waals surface area contributed by atoms with Crippen LogP contribution in [0.1, 0.15) is 23.0 Å². The third-order valence-corrected chi connectivity index (χ3v) is 2.37. The van der Waals surface area contributed by atoms with E-state index in [0.717, 1.165) is 11.1 Å². The van der Waals surface area contributed by atoms with Gasteiger partial charge in [-0.05, 0) is 30.2 Å². The van der Waals surface area contributed by atoms with Crippen LogP contribution >= 0.6 is 0 Å². The van der Waals surface area contributed by atoms with Crippen molar-refractivity contribution in [3.05, 3.63) is 65.6 Å². The number of amides is 1. The zero-order valence-electron chi connectivity index (χ0n) is 10.5. The zero-order chi connectivity index (χ0) is 13.5. The maximum atomic E-state index is 11.5. The van der Waals surface area contributed by atoms with E-state index in [0.29, 0.717) is 0 Å². The van der Waals surface area contributed by atoms with Crippen LogP contribution in [0.4, 0.5) is 0 Å². The summed E-state index contributed by atoms with van der Waals surface area (Å²) in [6.45, 7) is 1.91. The molecule has 0 saturated carbocycles. The van der Waals surface area contributed by atoms with Gasteiger partial charge in [-0.15, -0.1) is 0 Å². The highest BCUT2D eigenvalue weighted by Crippen LogP contribution is 2.04. The quantitative estimate of drug-likeness (QED) is 0.673. The van der Waals surface area contributed by atoms with Crippen molar-refractivity contribution in [1.29, 1.82) is 0 Å². The molecule has 1 heterocycles. The number of carbonyl (C=O) groups is 1. The Bertz CT molecular complexity index is 584. The van der Waals surface area contributed by atoms with Gasteiger partial charge in [0.25, 0.3) is 0 Å². The van der Waals surface area contributed by atoms with Crippen LogP contribution in [0.5, 0.6) is 0 Å². The molecule has 0 aliphatic carbocycles. The summed E-state index contributed by atoms with van der Waals surface area (Å²) in [7, 11) is 0. The second kappa shape index (κ2) is 6.35. The van der Waals surface area contributed by atoms with Crippen LogP contribution in [0.15, 0.2) is 63.8 Å². The monoisotopic (exact) mass is 254 g/mol. The van der Waals surface area contributed by atoms with Crippen LogP contribution in [0.3, 0.4) is 0 Å². The van der Waals surface area contributed by atoms with Gasteiger partial charge in [0.2, 0.25) is 0 Å². The number of carbonyl (C=O) groups excluding carboxylic acids is 1. The third kappa shape index (κ3) is 3.96. The Hall–Kier alpha value is -2.62. The molecule has 0 unspecified atom stereocenters. The Kier molecular flexibility index (Phi) is 4.29. The Morgan fingerprint density at radius 3 is 2.68 bits per heavy atom. The fourth-order valence-electron chi connectivity index (χ4n) is 1.50. The minimum atomic E-state index is -0.367. The second-order valence-electron chi connectivity index (χ2n) is 3.98. The molecule has 0 aliphatic rings. The first-order valence-corrected chi connectivity index (χ1v) is 5.86. The minimum absolute atomic E-state index is 0.238. The molecule has 4 nitrogen and oxygen atoms in total. The van der Waals surface area contributed by atoms with Gasteiger partial charge in [0.05, 0.1) is 12.5 Å². The summed E-state index contributed by atoms with van der Waals surface area (Å²) in [4.78, 5) is 11.5. The predicted molar refractivity (Wildman–Crippen MR) is 74.8 cm³/mol. The van der Waals surface area contributed by atoms with Gasteiger partial charge in [0.15, 0.2) is 5.76 Å². The predicted octanol–water partition coefficient (Wildman–Crippen LogP) is 3.10. The van der Waals surface area contributed by atoms with Gasteiger partial charge in [-0.25, -0.2) is 5.43 Å². The van der Waals surface area contributed by atoms with Crippen molar-refractivity contribution in [1.82, 2.24) is 5.43 Å².